The van der Waals surface area contributed by atoms with Gasteiger partial charge in [0.2, 0.25) is 0 Å². The lowest BCUT2D eigenvalue weighted by Crippen LogP contribution is -1.88. The molecule has 1 aromatic heterocycles. The molecule has 1 heterocycles. The number of hydrogen-bond acceptors (Lipinski definition) is 3. The number of carbonyl (C=O) groups excluding carboxylic acids is 1. The van der Waals surface area contributed by atoms with Crippen molar-refractivity contribution in [2.24, 2.45) is 0 Å². The largest absolute Gasteiger partial charge is 0.390 e. The summed E-state index contributed by atoms with van der Waals surface area (Å²) in [6.07, 6.45) is 2.53. The summed E-state index contributed by atoms with van der Waals surface area (Å²) < 4.78 is 0. The van der Waals surface area contributed by atoms with Crippen LogP contribution in [0.2, 0.25) is 0 Å². The summed E-state index contributed by atoms with van der Waals surface area (Å²) in [6, 6.07) is 11.0. The van der Waals surface area contributed by atoms with E-state index in [1.807, 2.05) is 18.2 Å². The van der Waals surface area contributed by atoms with Gasteiger partial charge in [0, 0.05) is 17.3 Å². The summed E-state index contributed by atoms with van der Waals surface area (Å²) >= 11 is 0. The minimum atomic E-state index is -0.0512. The highest BCUT2D eigenvalue weighted by Crippen LogP contribution is 2.18. The van der Waals surface area contributed by atoms with Crippen LogP contribution >= 0.6 is 0 Å². The molecule has 0 fully saturated rings. The molecule has 1 N–H and O–H groups in total. The highest BCUT2D eigenvalue weighted by molar-refractivity contribution is 5.76. The van der Waals surface area contributed by atoms with Gasteiger partial charge >= 0.3 is 0 Å². The number of hydrogen-bond donors (Lipinski definition) is 1. The third kappa shape index (κ3) is 2.15. The zero-order valence-corrected chi connectivity index (χ0v) is 8.63. The van der Waals surface area contributed by atoms with Crippen molar-refractivity contribution in [2.75, 3.05) is 0 Å². The molecule has 0 spiro atoms. The van der Waals surface area contributed by atoms with Gasteiger partial charge in [-0.1, -0.05) is 30.3 Å². The van der Waals surface area contributed by atoms with Gasteiger partial charge < -0.3 is 5.11 Å². The van der Waals surface area contributed by atoms with Gasteiger partial charge in [0.15, 0.2) is 0 Å². The number of rotatable bonds is 3. The van der Waals surface area contributed by atoms with E-state index < -0.39 is 0 Å². The second kappa shape index (κ2) is 4.68. The molecule has 0 atom stereocenters. The van der Waals surface area contributed by atoms with Crippen LogP contribution in [0.1, 0.15) is 16.1 Å². The van der Waals surface area contributed by atoms with Crippen LogP contribution in [0.4, 0.5) is 0 Å². The molecule has 0 amide bonds. The van der Waals surface area contributed by atoms with Gasteiger partial charge in [-0.05, 0) is 11.6 Å². The van der Waals surface area contributed by atoms with Gasteiger partial charge in [-0.2, -0.15) is 0 Å². The van der Waals surface area contributed by atoms with Crippen molar-refractivity contribution in [3.05, 3.63) is 53.9 Å². The molecule has 0 saturated heterocycles. The monoisotopic (exact) mass is 213 g/mol. The molecule has 16 heavy (non-hydrogen) atoms. The Morgan fingerprint density at radius 3 is 2.25 bits per heavy atom. The minimum Gasteiger partial charge on any atom is -0.390 e. The molecule has 0 aliphatic heterocycles. The standard InChI is InChI=1S/C13H11NO2/c15-8-10-1-3-11(4-2-10)12-5-6-13(9-16)14-7-12/h1-8,16H,9H2. The molecular weight excluding hydrogens is 202 g/mol. The molecule has 0 radical (unpaired) electrons. The Hall–Kier alpha value is -2.00. The summed E-state index contributed by atoms with van der Waals surface area (Å²) in [4.78, 5) is 14.6. The number of nitrogens with zero attached hydrogens (tertiary/aromatic N) is 1. The fraction of sp³-hybridized carbons (Fsp3) is 0.0769. The third-order valence-corrected chi connectivity index (χ3v) is 2.37. The molecular formula is C13H11NO2. The van der Waals surface area contributed by atoms with E-state index in [2.05, 4.69) is 4.98 Å². The van der Waals surface area contributed by atoms with Crippen LogP contribution < -0.4 is 0 Å². The van der Waals surface area contributed by atoms with Crippen molar-refractivity contribution < 1.29 is 9.90 Å². The van der Waals surface area contributed by atoms with Crippen LogP contribution in [-0.4, -0.2) is 16.4 Å². The molecule has 2 aromatic rings. The molecule has 3 nitrogen and oxygen atoms in total. The normalized spacial score (nSPS) is 10.1. The molecule has 0 aliphatic rings. The number of aldehydes is 1. The Bertz CT molecular complexity index is 474. The second-order valence-electron chi connectivity index (χ2n) is 3.44. The highest BCUT2D eigenvalue weighted by Gasteiger charge is 1.98. The van der Waals surface area contributed by atoms with E-state index in [9.17, 15) is 4.79 Å². The summed E-state index contributed by atoms with van der Waals surface area (Å²) in [5, 5.41) is 8.87. The van der Waals surface area contributed by atoms with Gasteiger partial charge in [0.05, 0.1) is 12.3 Å². The predicted octanol–water partition coefficient (Wildman–Crippen LogP) is 2.05. The van der Waals surface area contributed by atoms with E-state index in [1.54, 1.807) is 24.4 Å². The number of aliphatic hydroxyl groups is 1. The van der Waals surface area contributed by atoms with Crippen molar-refractivity contribution in [2.45, 2.75) is 6.61 Å². The summed E-state index contributed by atoms with van der Waals surface area (Å²) in [7, 11) is 0. The molecule has 0 saturated carbocycles. The first-order valence-corrected chi connectivity index (χ1v) is 4.95. The number of benzene rings is 1. The van der Waals surface area contributed by atoms with Crippen molar-refractivity contribution in [3.63, 3.8) is 0 Å². The van der Waals surface area contributed by atoms with Crippen molar-refractivity contribution in [1.82, 2.24) is 4.98 Å². The number of aliphatic hydroxyl groups excluding tert-OH is 1. The van der Waals surface area contributed by atoms with E-state index in [1.165, 1.54) is 0 Å². The maximum Gasteiger partial charge on any atom is 0.150 e. The molecule has 3 heteroatoms. The quantitative estimate of drug-likeness (QED) is 0.794. The lowest BCUT2D eigenvalue weighted by atomic mass is 10.1. The molecule has 2 rings (SSSR count). The van der Waals surface area contributed by atoms with Gasteiger partial charge in [-0.15, -0.1) is 0 Å². The fourth-order valence-corrected chi connectivity index (χ4v) is 1.44. The number of carbonyl (C=O) groups is 1. The van der Waals surface area contributed by atoms with E-state index in [-0.39, 0.29) is 6.61 Å². The maximum absolute atomic E-state index is 10.5. The fourth-order valence-electron chi connectivity index (χ4n) is 1.44. The minimum absolute atomic E-state index is 0.0512. The molecule has 1 aromatic carbocycles. The van der Waals surface area contributed by atoms with Gasteiger partial charge in [0.25, 0.3) is 0 Å². The summed E-state index contributed by atoms with van der Waals surface area (Å²) in [6.45, 7) is -0.0512. The van der Waals surface area contributed by atoms with Crippen molar-refractivity contribution in [1.29, 1.82) is 0 Å². The average molecular weight is 213 g/mol. The Labute approximate surface area is 93.4 Å². The smallest absolute Gasteiger partial charge is 0.150 e. The second-order valence-corrected chi connectivity index (χ2v) is 3.44. The predicted molar refractivity (Wildman–Crippen MR) is 61.0 cm³/mol. The van der Waals surface area contributed by atoms with Crippen molar-refractivity contribution in [3.8, 4) is 11.1 Å². The first kappa shape index (κ1) is 10.5. The lowest BCUT2D eigenvalue weighted by molar-refractivity contribution is 0.112. The lowest BCUT2D eigenvalue weighted by Gasteiger charge is -2.02. The molecule has 0 unspecified atom stereocenters. The first-order valence-electron chi connectivity index (χ1n) is 4.95. The maximum atomic E-state index is 10.5. The molecule has 0 aliphatic carbocycles. The first-order chi connectivity index (χ1) is 7.83. The Morgan fingerprint density at radius 2 is 1.75 bits per heavy atom. The van der Waals surface area contributed by atoms with Crippen LogP contribution in [0.25, 0.3) is 11.1 Å². The van der Waals surface area contributed by atoms with Crippen LogP contribution in [0, 0.1) is 0 Å². The third-order valence-electron chi connectivity index (χ3n) is 2.37. The molecule has 0 bridgehead atoms. The highest BCUT2D eigenvalue weighted by atomic mass is 16.3. The van der Waals surface area contributed by atoms with Gasteiger partial charge in [-0.3, -0.25) is 9.78 Å². The Balaban J connectivity index is 2.31. The van der Waals surface area contributed by atoms with Crippen LogP contribution in [0.5, 0.6) is 0 Å². The summed E-state index contributed by atoms with van der Waals surface area (Å²) in [5.74, 6) is 0. The zero-order valence-electron chi connectivity index (χ0n) is 8.63. The Morgan fingerprint density at radius 1 is 1.06 bits per heavy atom. The zero-order chi connectivity index (χ0) is 11.4. The van der Waals surface area contributed by atoms with E-state index >= 15 is 0 Å². The number of pyridine rings is 1. The van der Waals surface area contributed by atoms with Crippen LogP contribution in [0.15, 0.2) is 42.6 Å². The van der Waals surface area contributed by atoms with Crippen LogP contribution in [-0.2, 0) is 6.61 Å². The topological polar surface area (TPSA) is 50.2 Å². The molecule has 80 valence electrons. The van der Waals surface area contributed by atoms with Crippen LogP contribution in [0.3, 0.4) is 0 Å². The van der Waals surface area contributed by atoms with E-state index in [4.69, 9.17) is 5.11 Å². The Kier molecular flexibility index (Phi) is 3.08. The summed E-state index contributed by atoms with van der Waals surface area (Å²) in [5.41, 5.74) is 3.27. The van der Waals surface area contributed by atoms with E-state index in [0.29, 0.717) is 11.3 Å². The van der Waals surface area contributed by atoms with Gasteiger partial charge in [-0.25, -0.2) is 0 Å². The number of aromatic nitrogens is 1. The average Bonchev–Trinajstić information content (AvgIpc) is 2.39. The SMILES string of the molecule is O=Cc1ccc(-c2ccc(CO)nc2)cc1. The van der Waals surface area contributed by atoms with Gasteiger partial charge in [0.1, 0.15) is 6.29 Å². The van der Waals surface area contributed by atoms with Crippen molar-refractivity contribution >= 4 is 6.29 Å². The van der Waals surface area contributed by atoms with E-state index in [0.717, 1.165) is 17.4 Å².